The molecule has 0 bridgehead atoms. The van der Waals surface area contributed by atoms with Crippen molar-refractivity contribution in [1.82, 2.24) is 9.97 Å². The molecule has 0 aromatic carbocycles. The topological polar surface area (TPSA) is 72.4 Å². The molecule has 0 radical (unpaired) electrons. The van der Waals surface area contributed by atoms with Gasteiger partial charge in [0.05, 0.1) is 17.9 Å². The molecule has 26 heavy (non-hydrogen) atoms. The summed E-state index contributed by atoms with van der Waals surface area (Å²) in [6.45, 7) is 3.64. The van der Waals surface area contributed by atoms with E-state index < -0.39 is 23.7 Å². The van der Waals surface area contributed by atoms with E-state index in [1.807, 2.05) is 0 Å². The molecule has 0 aliphatic rings. The summed E-state index contributed by atoms with van der Waals surface area (Å²) in [6, 6.07) is 3.25. The van der Waals surface area contributed by atoms with Crippen LogP contribution < -0.4 is 4.90 Å². The van der Waals surface area contributed by atoms with E-state index in [-0.39, 0.29) is 30.0 Å². The molecular formula is C17H16F3N3O3. The SMILES string of the molecule is CCOC(=O)c1cnccc1N(CC)C(=O)c1ccc(C(F)(F)F)nc1. The zero-order valence-corrected chi connectivity index (χ0v) is 14.1. The number of halogens is 3. The molecule has 1 amide bonds. The third-order valence-electron chi connectivity index (χ3n) is 3.45. The van der Waals surface area contributed by atoms with Gasteiger partial charge in [-0.1, -0.05) is 0 Å². The lowest BCUT2D eigenvalue weighted by atomic mass is 10.1. The van der Waals surface area contributed by atoms with Gasteiger partial charge in [-0.2, -0.15) is 13.2 Å². The molecule has 0 fully saturated rings. The van der Waals surface area contributed by atoms with Crippen LogP contribution in [-0.2, 0) is 10.9 Å². The van der Waals surface area contributed by atoms with Gasteiger partial charge in [0.1, 0.15) is 11.3 Å². The van der Waals surface area contributed by atoms with Crippen LogP contribution >= 0.6 is 0 Å². The molecule has 2 aromatic rings. The first kappa shape index (κ1) is 19.4. The fraction of sp³-hybridized carbons (Fsp3) is 0.294. The largest absolute Gasteiger partial charge is 0.462 e. The Kier molecular flexibility index (Phi) is 5.91. The third-order valence-corrected chi connectivity index (χ3v) is 3.45. The lowest BCUT2D eigenvalue weighted by Gasteiger charge is -2.23. The van der Waals surface area contributed by atoms with Crippen molar-refractivity contribution >= 4 is 17.6 Å². The number of ether oxygens (including phenoxy) is 1. The van der Waals surface area contributed by atoms with Crippen molar-refractivity contribution in [1.29, 1.82) is 0 Å². The van der Waals surface area contributed by atoms with Gasteiger partial charge < -0.3 is 9.64 Å². The first-order valence-corrected chi connectivity index (χ1v) is 7.75. The van der Waals surface area contributed by atoms with Crippen molar-refractivity contribution in [3.8, 4) is 0 Å². The van der Waals surface area contributed by atoms with Gasteiger partial charge in [0.25, 0.3) is 5.91 Å². The van der Waals surface area contributed by atoms with Crippen molar-refractivity contribution < 1.29 is 27.5 Å². The summed E-state index contributed by atoms with van der Waals surface area (Å²) in [7, 11) is 0. The first-order chi connectivity index (χ1) is 12.3. The molecule has 2 aromatic heterocycles. The van der Waals surface area contributed by atoms with Crippen LogP contribution in [0.5, 0.6) is 0 Å². The second-order valence-electron chi connectivity index (χ2n) is 5.09. The summed E-state index contributed by atoms with van der Waals surface area (Å²) in [4.78, 5) is 33.2. The number of esters is 1. The smallest absolute Gasteiger partial charge is 0.433 e. The van der Waals surface area contributed by atoms with Crippen LogP contribution in [0.3, 0.4) is 0 Å². The predicted molar refractivity (Wildman–Crippen MR) is 86.8 cm³/mol. The van der Waals surface area contributed by atoms with Crippen molar-refractivity contribution in [2.75, 3.05) is 18.1 Å². The van der Waals surface area contributed by atoms with Crippen molar-refractivity contribution in [2.45, 2.75) is 20.0 Å². The molecule has 0 aliphatic heterocycles. The second-order valence-corrected chi connectivity index (χ2v) is 5.09. The van der Waals surface area contributed by atoms with E-state index in [4.69, 9.17) is 4.74 Å². The minimum Gasteiger partial charge on any atom is -0.462 e. The standard InChI is InChI=1S/C17H16F3N3O3/c1-3-23(13-7-8-21-10-12(13)16(25)26-4-2)15(24)11-5-6-14(22-9-11)17(18,19)20/h5-10H,3-4H2,1-2H3. The molecular weight excluding hydrogens is 351 g/mol. The maximum atomic E-state index is 12.7. The average molecular weight is 367 g/mol. The lowest BCUT2D eigenvalue weighted by Crippen LogP contribution is -2.32. The Morgan fingerprint density at radius 1 is 1.15 bits per heavy atom. The quantitative estimate of drug-likeness (QED) is 0.758. The predicted octanol–water partition coefficient (Wildman–Crippen LogP) is 3.34. The van der Waals surface area contributed by atoms with E-state index in [1.54, 1.807) is 13.8 Å². The molecule has 0 atom stereocenters. The Hall–Kier alpha value is -2.97. The van der Waals surface area contributed by atoms with Crippen molar-refractivity contribution in [3.05, 3.63) is 53.6 Å². The van der Waals surface area contributed by atoms with E-state index in [0.29, 0.717) is 0 Å². The summed E-state index contributed by atoms with van der Waals surface area (Å²) in [5.74, 6) is -1.24. The van der Waals surface area contributed by atoms with Crippen LogP contribution in [-0.4, -0.2) is 35.0 Å². The fourth-order valence-corrected chi connectivity index (χ4v) is 2.26. The molecule has 0 saturated heterocycles. The van der Waals surface area contributed by atoms with Crippen LogP contribution in [0, 0.1) is 0 Å². The van der Waals surface area contributed by atoms with Crippen molar-refractivity contribution in [3.63, 3.8) is 0 Å². The highest BCUT2D eigenvalue weighted by Gasteiger charge is 2.32. The van der Waals surface area contributed by atoms with E-state index in [2.05, 4.69) is 9.97 Å². The molecule has 0 N–H and O–H groups in total. The molecule has 9 heteroatoms. The van der Waals surface area contributed by atoms with Gasteiger partial charge in [0.2, 0.25) is 0 Å². The van der Waals surface area contributed by atoms with Gasteiger partial charge in [0, 0.05) is 25.1 Å². The minimum absolute atomic E-state index is 0.0357. The Labute approximate surface area is 147 Å². The highest BCUT2D eigenvalue weighted by atomic mass is 19.4. The molecule has 138 valence electrons. The van der Waals surface area contributed by atoms with Gasteiger partial charge in [-0.15, -0.1) is 0 Å². The Balaban J connectivity index is 2.37. The van der Waals surface area contributed by atoms with E-state index >= 15 is 0 Å². The zero-order valence-electron chi connectivity index (χ0n) is 14.1. The number of pyridine rings is 2. The lowest BCUT2D eigenvalue weighted by molar-refractivity contribution is -0.141. The van der Waals surface area contributed by atoms with E-state index in [0.717, 1.165) is 18.3 Å². The maximum absolute atomic E-state index is 12.7. The molecule has 2 heterocycles. The highest BCUT2D eigenvalue weighted by molar-refractivity contribution is 6.09. The zero-order chi connectivity index (χ0) is 19.3. The molecule has 0 saturated carbocycles. The molecule has 6 nitrogen and oxygen atoms in total. The summed E-state index contributed by atoms with van der Waals surface area (Å²) >= 11 is 0. The average Bonchev–Trinajstić information content (AvgIpc) is 2.62. The number of aromatic nitrogens is 2. The number of anilines is 1. The molecule has 2 rings (SSSR count). The number of carbonyl (C=O) groups is 2. The van der Waals surface area contributed by atoms with E-state index in [1.165, 1.54) is 23.4 Å². The Bertz CT molecular complexity index is 792. The Morgan fingerprint density at radius 2 is 1.88 bits per heavy atom. The normalized spacial score (nSPS) is 11.1. The number of carbonyl (C=O) groups excluding carboxylic acids is 2. The van der Waals surface area contributed by atoms with Crippen LogP contribution in [0.25, 0.3) is 0 Å². The summed E-state index contributed by atoms with van der Waals surface area (Å²) in [6.07, 6.45) is -1.06. The van der Waals surface area contributed by atoms with E-state index in [9.17, 15) is 22.8 Å². The van der Waals surface area contributed by atoms with Gasteiger partial charge >= 0.3 is 12.1 Å². The number of nitrogens with zero attached hydrogens (tertiary/aromatic N) is 3. The van der Waals surface area contributed by atoms with Crippen LogP contribution in [0.2, 0.25) is 0 Å². The summed E-state index contributed by atoms with van der Waals surface area (Å²) < 4.78 is 42.8. The van der Waals surface area contributed by atoms with Gasteiger partial charge in [0.15, 0.2) is 0 Å². The maximum Gasteiger partial charge on any atom is 0.433 e. The van der Waals surface area contributed by atoms with Crippen LogP contribution in [0.15, 0.2) is 36.8 Å². The number of rotatable bonds is 5. The minimum atomic E-state index is -4.59. The molecule has 0 unspecified atom stereocenters. The van der Waals surface area contributed by atoms with Gasteiger partial charge in [-0.05, 0) is 32.0 Å². The number of amides is 1. The first-order valence-electron chi connectivity index (χ1n) is 7.75. The Morgan fingerprint density at radius 3 is 2.42 bits per heavy atom. The number of alkyl halides is 3. The highest BCUT2D eigenvalue weighted by Crippen LogP contribution is 2.28. The molecule has 0 aliphatic carbocycles. The number of hydrogen-bond acceptors (Lipinski definition) is 5. The third kappa shape index (κ3) is 4.16. The summed E-state index contributed by atoms with van der Waals surface area (Å²) in [5, 5.41) is 0. The second kappa shape index (κ2) is 7.94. The monoisotopic (exact) mass is 367 g/mol. The summed E-state index contributed by atoms with van der Waals surface area (Å²) in [5.41, 5.74) is -0.782. The van der Waals surface area contributed by atoms with Crippen LogP contribution in [0.1, 0.15) is 40.3 Å². The van der Waals surface area contributed by atoms with Crippen molar-refractivity contribution in [2.24, 2.45) is 0 Å². The van der Waals surface area contributed by atoms with Gasteiger partial charge in [-0.25, -0.2) is 4.79 Å². The molecule has 0 spiro atoms. The number of hydrogen-bond donors (Lipinski definition) is 0. The van der Waals surface area contributed by atoms with Gasteiger partial charge in [-0.3, -0.25) is 14.8 Å². The fourth-order valence-electron chi connectivity index (χ4n) is 2.26. The van der Waals surface area contributed by atoms with Crippen LogP contribution in [0.4, 0.5) is 18.9 Å².